The van der Waals surface area contributed by atoms with E-state index in [1.807, 2.05) is 0 Å². The number of hydrogen-bond donors (Lipinski definition) is 1. The first-order valence-corrected chi connectivity index (χ1v) is 6.59. The van der Waals surface area contributed by atoms with Crippen LogP contribution in [0.4, 0.5) is 0 Å². The summed E-state index contributed by atoms with van der Waals surface area (Å²) in [6, 6.07) is 0. The lowest BCUT2D eigenvalue weighted by atomic mass is 10.2. The predicted molar refractivity (Wildman–Crippen MR) is 57.7 cm³/mol. The number of rotatable bonds is 4. The largest absolute Gasteiger partial charge is 0.374 e. The van der Waals surface area contributed by atoms with Gasteiger partial charge in [-0.15, -0.1) is 0 Å². The molecule has 76 valence electrons. The van der Waals surface area contributed by atoms with Crippen LogP contribution in [0.3, 0.4) is 0 Å². The standard InChI is InChI=1S/C9H18N2OS/c1-13(12)8-4-7-11-9-5-2-3-6-10-9/h2-8H2,1H3,(H,10,11). The molecule has 0 saturated heterocycles. The van der Waals surface area contributed by atoms with E-state index in [9.17, 15) is 4.21 Å². The van der Waals surface area contributed by atoms with Gasteiger partial charge in [-0.2, -0.15) is 0 Å². The van der Waals surface area contributed by atoms with Gasteiger partial charge in [0.05, 0.1) is 5.84 Å². The van der Waals surface area contributed by atoms with Crippen LogP contribution in [0.25, 0.3) is 0 Å². The molecule has 0 radical (unpaired) electrons. The van der Waals surface area contributed by atoms with E-state index in [1.165, 1.54) is 12.8 Å². The topological polar surface area (TPSA) is 41.5 Å². The maximum atomic E-state index is 10.7. The minimum absolute atomic E-state index is 0.652. The van der Waals surface area contributed by atoms with Crippen molar-refractivity contribution in [2.24, 2.45) is 4.99 Å². The van der Waals surface area contributed by atoms with Gasteiger partial charge in [0.25, 0.3) is 0 Å². The second-order valence-corrected chi connectivity index (χ2v) is 4.90. The zero-order valence-electron chi connectivity index (χ0n) is 8.21. The summed E-state index contributed by atoms with van der Waals surface area (Å²) in [4.78, 5) is 4.38. The average molecular weight is 202 g/mol. The Bertz CT molecular complexity index is 204. The van der Waals surface area contributed by atoms with Crippen molar-refractivity contribution in [1.82, 2.24) is 5.32 Å². The van der Waals surface area contributed by atoms with Gasteiger partial charge < -0.3 is 5.32 Å². The molecule has 4 heteroatoms. The van der Waals surface area contributed by atoms with E-state index in [0.717, 1.165) is 37.5 Å². The molecular formula is C9H18N2OS. The molecule has 1 atom stereocenters. The van der Waals surface area contributed by atoms with Crippen LogP contribution in [-0.2, 0) is 10.8 Å². The fraction of sp³-hybridized carbons (Fsp3) is 0.889. The number of hydrogen-bond acceptors (Lipinski definition) is 3. The molecule has 0 aliphatic carbocycles. The summed E-state index contributed by atoms with van der Waals surface area (Å²) in [5.41, 5.74) is 0. The Morgan fingerprint density at radius 3 is 3.00 bits per heavy atom. The Balaban J connectivity index is 2.04. The van der Waals surface area contributed by atoms with Crippen LogP contribution in [0.15, 0.2) is 4.99 Å². The van der Waals surface area contributed by atoms with E-state index in [0.29, 0.717) is 0 Å². The Labute approximate surface area is 82.5 Å². The molecule has 0 bridgehead atoms. The highest BCUT2D eigenvalue weighted by molar-refractivity contribution is 7.84. The van der Waals surface area contributed by atoms with Crippen LogP contribution in [0, 0.1) is 0 Å². The lowest BCUT2D eigenvalue weighted by Crippen LogP contribution is -2.27. The first-order chi connectivity index (χ1) is 6.29. The zero-order chi connectivity index (χ0) is 9.52. The summed E-state index contributed by atoms with van der Waals surface area (Å²) in [6.07, 6.45) is 6.30. The molecule has 13 heavy (non-hydrogen) atoms. The second-order valence-electron chi connectivity index (χ2n) is 3.34. The minimum Gasteiger partial charge on any atom is -0.374 e. The third-order valence-corrected chi connectivity index (χ3v) is 2.93. The van der Waals surface area contributed by atoms with Gasteiger partial charge in [-0.1, -0.05) is 0 Å². The lowest BCUT2D eigenvalue weighted by molar-refractivity contribution is 0.679. The third kappa shape index (κ3) is 5.03. The molecule has 3 nitrogen and oxygen atoms in total. The zero-order valence-corrected chi connectivity index (χ0v) is 9.03. The molecule has 1 heterocycles. The molecule has 0 fully saturated rings. The van der Waals surface area contributed by atoms with Crippen LogP contribution in [0.2, 0.25) is 0 Å². The van der Waals surface area contributed by atoms with Crippen molar-refractivity contribution in [3.63, 3.8) is 0 Å². The molecule has 1 rings (SSSR count). The quantitative estimate of drug-likeness (QED) is 0.689. The van der Waals surface area contributed by atoms with Gasteiger partial charge in [-0.3, -0.25) is 9.20 Å². The predicted octanol–water partition coefficient (Wildman–Crippen LogP) is 0.927. The highest BCUT2D eigenvalue weighted by atomic mass is 32.2. The fourth-order valence-corrected chi connectivity index (χ4v) is 1.90. The summed E-state index contributed by atoms with van der Waals surface area (Å²) in [5.74, 6) is 1.94. The lowest BCUT2D eigenvalue weighted by Gasteiger charge is -2.13. The van der Waals surface area contributed by atoms with Crippen LogP contribution in [-0.4, -0.2) is 35.1 Å². The molecule has 0 aromatic heterocycles. The maximum Gasteiger partial charge on any atom is 0.0963 e. The molecule has 0 amide bonds. The first kappa shape index (κ1) is 10.7. The van der Waals surface area contributed by atoms with Crippen LogP contribution < -0.4 is 5.32 Å². The van der Waals surface area contributed by atoms with Gasteiger partial charge in [-0.05, 0) is 19.3 Å². The molecule has 1 N–H and O–H groups in total. The molecular weight excluding hydrogens is 184 g/mol. The summed E-state index contributed by atoms with van der Waals surface area (Å²) in [6.45, 7) is 1.89. The van der Waals surface area contributed by atoms with Crippen LogP contribution in [0.1, 0.15) is 25.7 Å². The monoisotopic (exact) mass is 202 g/mol. The highest BCUT2D eigenvalue weighted by Crippen LogP contribution is 2.03. The molecule has 0 saturated carbocycles. The van der Waals surface area contributed by atoms with E-state index in [1.54, 1.807) is 6.26 Å². The van der Waals surface area contributed by atoms with E-state index in [4.69, 9.17) is 0 Å². The van der Waals surface area contributed by atoms with Crippen molar-refractivity contribution in [2.45, 2.75) is 25.7 Å². The smallest absolute Gasteiger partial charge is 0.0963 e. The third-order valence-electron chi connectivity index (χ3n) is 2.06. The number of nitrogens with one attached hydrogen (secondary N) is 1. The van der Waals surface area contributed by atoms with Crippen molar-refractivity contribution >= 4 is 16.6 Å². The van der Waals surface area contributed by atoms with Crippen molar-refractivity contribution in [3.8, 4) is 0 Å². The molecule has 0 spiro atoms. The first-order valence-electron chi connectivity index (χ1n) is 4.86. The van der Waals surface area contributed by atoms with E-state index >= 15 is 0 Å². The van der Waals surface area contributed by atoms with Gasteiger partial charge >= 0.3 is 0 Å². The van der Waals surface area contributed by atoms with Gasteiger partial charge in [0, 0.05) is 42.3 Å². The SMILES string of the molecule is CS(=O)CCCNC1=NCCCC1. The Hall–Kier alpha value is -0.380. The van der Waals surface area contributed by atoms with Gasteiger partial charge in [0.2, 0.25) is 0 Å². The van der Waals surface area contributed by atoms with Crippen molar-refractivity contribution in [3.05, 3.63) is 0 Å². The number of aliphatic imine (C=N–C) groups is 1. The molecule has 1 aliphatic rings. The van der Waals surface area contributed by atoms with Crippen LogP contribution >= 0.6 is 0 Å². The van der Waals surface area contributed by atoms with Gasteiger partial charge in [0.15, 0.2) is 0 Å². The van der Waals surface area contributed by atoms with Crippen molar-refractivity contribution in [1.29, 1.82) is 0 Å². The molecule has 1 aliphatic heterocycles. The Kier molecular flexibility index (Phi) is 5.05. The fourth-order valence-electron chi connectivity index (χ4n) is 1.35. The van der Waals surface area contributed by atoms with E-state index in [2.05, 4.69) is 10.3 Å². The summed E-state index contributed by atoms with van der Waals surface area (Å²) in [7, 11) is -0.652. The maximum absolute atomic E-state index is 10.7. The molecule has 0 aromatic carbocycles. The Morgan fingerprint density at radius 1 is 1.54 bits per heavy atom. The van der Waals surface area contributed by atoms with Gasteiger partial charge in [-0.25, -0.2) is 0 Å². The van der Waals surface area contributed by atoms with E-state index in [-0.39, 0.29) is 0 Å². The molecule has 0 aromatic rings. The van der Waals surface area contributed by atoms with Crippen LogP contribution in [0.5, 0.6) is 0 Å². The van der Waals surface area contributed by atoms with Gasteiger partial charge in [0.1, 0.15) is 0 Å². The summed E-state index contributed by atoms with van der Waals surface area (Å²) >= 11 is 0. The van der Waals surface area contributed by atoms with Crippen molar-refractivity contribution in [2.75, 3.05) is 25.1 Å². The number of amidine groups is 1. The van der Waals surface area contributed by atoms with E-state index < -0.39 is 10.8 Å². The molecule has 1 unspecified atom stereocenters. The van der Waals surface area contributed by atoms with Crippen molar-refractivity contribution < 1.29 is 4.21 Å². The average Bonchev–Trinajstić information content (AvgIpc) is 2.14. The minimum atomic E-state index is -0.652. The second kappa shape index (κ2) is 6.13. The Morgan fingerprint density at radius 2 is 2.38 bits per heavy atom. The highest BCUT2D eigenvalue weighted by Gasteiger charge is 2.03. The normalized spacial score (nSPS) is 19.3. The summed E-state index contributed by atoms with van der Waals surface area (Å²) < 4.78 is 10.7. The summed E-state index contributed by atoms with van der Waals surface area (Å²) in [5, 5.41) is 3.29. The number of nitrogens with zero attached hydrogens (tertiary/aromatic N) is 1.